The highest BCUT2D eigenvalue weighted by Crippen LogP contribution is 2.31. The van der Waals surface area contributed by atoms with Gasteiger partial charge in [-0.3, -0.25) is 4.79 Å². The smallest absolute Gasteiger partial charge is 0.224 e. The second kappa shape index (κ2) is 5.56. The molecule has 1 aromatic heterocycles. The third-order valence-corrected chi connectivity index (χ3v) is 4.18. The number of anilines is 1. The lowest BCUT2D eigenvalue weighted by Crippen LogP contribution is -2.47. The lowest BCUT2D eigenvalue weighted by Gasteiger charge is -2.34. The zero-order valence-electron chi connectivity index (χ0n) is 11.7. The van der Waals surface area contributed by atoms with Crippen molar-refractivity contribution in [2.75, 3.05) is 18.0 Å². The first-order valence-electron chi connectivity index (χ1n) is 7.21. The number of hydrogen-bond donors (Lipinski definition) is 1. The maximum absolute atomic E-state index is 11.2. The molecule has 1 N–H and O–H groups in total. The molecule has 0 aromatic carbocycles. The molecule has 3 rings (SSSR count). The normalized spacial score (nSPS) is 21.7. The minimum Gasteiger partial charge on any atom is -0.354 e. The average Bonchev–Trinajstić information content (AvgIpc) is 2.85. The summed E-state index contributed by atoms with van der Waals surface area (Å²) >= 11 is 6.05. The van der Waals surface area contributed by atoms with Crippen LogP contribution in [-0.4, -0.2) is 35.0 Å². The van der Waals surface area contributed by atoms with E-state index in [9.17, 15) is 4.79 Å². The molecular weight excluding hydrogens is 276 g/mol. The van der Waals surface area contributed by atoms with E-state index >= 15 is 0 Å². The quantitative estimate of drug-likeness (QED) is 0.844. The molecule has 1 atom stereocenters. The van der Waals surface area contributed by atoms with Crippen LogP contribution in [0.3, 0.4) is 0 Å². The van der Waals surface area contributed by atoms with Crippen LogP contribution in [0.4, 0.5) is 5.82 Å². The summed E-state index contributed by atoms with van der Waals surface area (Å²) in [5.74, 6) is 1.01. The molecule has 6 heteroatoms. The van der Waals surface area contributed by atoms with Gasteiger partial charge in [0.05, 0.1) is 5.69 Å². The van der Waals surface area contributed by atoms with E-state index in [0.717, 1.165) is 56.7 Å². The molecule has 5 nitrogen and oxygen atoms in total. The van der Waals surface area contributed by atoms with Crippen LogP contribution in [0.5, 0.6) is 0 Å². The Kier molecular flexibility index (Phi) is 3.78. The number of aromatic nitrogens is 2. The molecule has 0 spiro atoms. The topological polar surface area (TPSA) is 58.1 Å². The third-order valence-electron chi connectivity index (χ3n) is 4.01. The van der Waals surface area contributed by atoms with Crippen molar-refractivity contribution < 1.29 is 4.79 Å². The summed E-state index contributed by atoms with van der Waals surface area (Å²) in [5, 5.41) is 3.34. The highest BCUT2D eigenvalue weighted by Gasteiger charge is 2.27. The van der Waals surface area contributed by atoms with Crippen LogP contribution in [-0.2, 0) is 17.6 Å². The van der Waals surface area contributed by atoms with Gasteiger partial charge >= 0.3 is 0 Å². The van der Waals surface area contributed by atoms with Crippen LogP contribution in [0, 0.1) is 0 Å². The Hall–Kier alpha value is -1.36. The fraction of sp³-hybridized carbons (Fsp3) is 0.643. The van der Waals surface area contributed by atoms with Gasteiger partial charge in [-0.15, -0.1) is 0 Å². The Morgan fingerprint density at radius 1 is 1.35 bits per heavy atom. The third kappa shape index (κ3) is 2.73. The maximum Gasteiger partial charge on any atom is 0.224 e. The van der Waals surface area contributed by atoms with Gasteiger partial charge in [-0.1, -0.05) is 0 Å². The van der Waals surface area contributed by atoms with Crippen molar-refractivity contribution in [3.63, 3.8) is 0 Å². The lowest BCUT2D eigenvalue weighted by molar-refractivity contribution is -0.119. The molecule has 1 aliphatic heterocycles. The Morgan fingerprint density at radius 3 is 3.00 bits per heavy atom. The van der Waals surface area contributed by atoms with E-state index in [-0.39, 0.29) is 11.9 Å². The van der Waals surface area contributed by atoms with Crippen LogP contribution < -0.4 is 10.2 Å². The molecule has 2 aliphatic rings. The van der Waals surface area contributed by atoms with Crippen LogP contribution in [0.15, 0.2) is 0 Å². The zero-order valence-corrected chi connectivity index (χ0v) is 12.4. The van der Waals surface area contributed by atoms with Gasteiger partial charge in [-0.25, -0.2) is 9.97 Å². The second-order valence-corrected chi connectivity index (χ2v) is 5.92. The standard InChI is InChI=1S/C14H19ClN4O/c1-9(20)16-10-4-3-7-19(8-10)13-11-5-2-6-12(11)17-14(15)18-13/h10H,2-8H2,1H3,(H,16,20). The molecule has 0 bridgehead atoms. The molecule has 1 fully saturated rings. The number of carbonyl (C=O) groups is 1. The van der Waals surface area contributed by atoms with Gasteiger partial charge in [0.2, 0.25) is 11.2 Å². The lowest BCUT2D eigenvalue weighted by atomic mass is 10.0. The first kappa shape index (κ1) is 13.6. The predicted octanol–water partition coefficient (Wildman–Crippen LogP) is 1.72. The number of halogens is 1. The molecule has 0 radical (unpaired) electrons. The number of piperidine rings is 1. The maximum atomic E-state index is 11.2. The minimum atomic E-state index is 0.0304. The Bertz CT molecular complexity index is 534. The highest BCUT2D eigenvalue weighted by atomic mass is 35.5. The molecule has 108 valence electrons. The summed E-state index contributed by atoms with van der Waals surface area (Å²) in [7, 11) is 0. The Morgan fingerprint density at radius 2 is 2.20 bits per heavy atom. The molecule has 2 heterocycles. The Labute approximate surface area is 123 Å². The van der Waals surface area contributed by atoms with E-state index in [1.54, 1.807) is 6.92 Å². The largest absolute Gasteiger partial charge is 0.354 e. The molecule has 1 saturated heterocycles. The summed E-state index contributed by atoms with van der Waals surface area (Å²) in [4.78, 5) is 22.3. The van der Waals surface area contributed by atoms with Crippen molar-refractivity contribution >= 4 is 23.3 Å². The fourth-order valence-electron chi connectivity index (χ4n) is 3.22. The molecule has 1 unspecified atom stereocenters. The minimum absolute atomic E-state index is 0.0304. The molecule has 20 heavy (non-hydrogen) atoms. The van der Waals surface area contributed by atoms with E-state index in [1.807, 2.05) is 0 Å². The van der Waals surface area contributed by atoms with E-state index in [4.69, 9.17) is 11.6 Å². The van der Waals surface area contributed by atoms with Gasteiger partial charge in [0.1, 0.15) is 5.82 Å². The van der Waals surface area contributed by atoms with Crippen molar-refractivity contribution in [1.29, 1.82) is 0 Å². The van der Waals surface area contributed by atoms with Crippen molar-refractivity contribution in [3.8, 4) is 0 Å². The predicted molar refractivity (Wildman–Crippen MR) is 78.1 cm³/mol. The molecule has 1 aliphatic carbocycles. The summed E-state index contributed by atoms with van der Waals surface area (Å²) in [6.07, 6.45) is 5.23. The average molecular weight is 295 g/mol. The first-order chi connectivity index (χ1) is 9.63. The number of rotatable bonds is 2. The van der Waals surface area contributed by atoms with E-state index in [0.29, 0.717) is 5.28 Å². The Balaban J connectivity index is 1.84. The van der Waals surface area contributed by atoms with Crippen LogP contribution in [0.1, 0.15) is 37.4 Å². The van der Waals surface area contributed by atoms with Crippen LogP contribution in [0.25, 0.3) is 0 Å². The highest BCUT2D eigenvalue weighted by molar-refractivity contribution is 6.28. The summed E-state index contributed by atoms with van der Waals surface area (Å²) in [5.41, 5.74) is 2.35. The van der Waals surface area contributed by atoms with Gasteiger partial charge in [0, 0.05) is 31.6 Å². The number of nitrogens with one attached hydrogen (secondary N) is 1. The van der Waals surface area contributed by atoms with Gasteiger partial charge < -0.3 is 10.2 Å². The molecule has 1 amide bonds. The van der Waals surface area contributed by atoms with Gasteiger partial charge in [0.15, 0.2) is 0 Å². The van der Waals surface area contributed by atoms with Crippen LogP contribution >= 0.6 is 11.6 Å². The number of nitrogens with zero attached hydrogens (tertiary/aromatic N) is 3. The summed E-state index contributed by atoms with van der Waals surface area (Å²) in [6.45, 7) is 3.34. The van der Waals surface area contributed by atoms with Crippen LogP contribution in [0.2, 0.25) is 5.28 Å². The molecular formula is C14H19ClN4O. The van der Waals surface area contributed by atoms with Crippen molar-refractivity contribution in [1.82, 2.24) is 15.3 Å². The number of aryl methyl sites for hydroxylation is 1. The second-order valence-electron chi connectivity index (χ2n) is 5.58. The van der Waals surface area contributed by atoms with E-state index in [1.165, 1.54) is 5.56 Å². The van der Waals surface area contributed by atoms with Gasteiger partial charge in [-0.05, 0) is 43.7 Å². The number of hydrogen-bond acceptors (Lipinski definition) is 4. The van der Waals surface area contributed by atoms with Gasteiger partial charge in [0.25, 0.3) is 0 Å². The molecule has 0 saturated carbocycles. The van der Waals surface area contributed by atoms with Crippen molar-refractivity contribution in [2.24, 2.45) is 0 Å². The number of carbonyl (C=O) groups excluding carboxylic acids is 1. The monoisotopic (exact) mass is 294 g/mol. The number of fused-ring (bicyclic) bond motifs is 1. The fourth-order valence-corrected chi connectivity index (χ4v) is 3.40. The summed E-state index contributed by atoms with van der Waals surface area (Å²) < 4.78 is 0. The van der Waals surface area contributed by atoms with E-state index in [2.05, 4.69) is 20.2 Å². The van der Waals surface area contributed by atoms with Gasteiger partial charge in [-0.2, -0.15) is 0 Å². The first-order valence-corrected chi connectivity index (χ1v) is 7.58. The van der Waals surface area contributed by atoms with Crippen molar-refractivity contribution in [3.05, 3.63) is 16.5 Å². The SMILES string of the molecule is CC(=O)NC1CCCN(c2nc(Cl)nc3c2CCC3)C1. The number of amides is 1. The van der Waals surface area contributed by atoms with Crippen molar-refractivity contribution in [2.45, 2.75) is 45.1 Å². The molecule has 1 aromatic rings. The summed E-state index contributed by atoms with van der Waals surface area (Å²) in [6, 6.07) is 0.201. The van der Waals surface area contributed by atoms with E-state index < -0.39 is 0 Å². The zero-order chi connectivity index (χ0) is 14.1.